The Balaban J connectivity index is 1.81. The van der Waals surface area contributed by atoms with Gasteiger partial charge in [0, 0.05) is 28.4 Å². The first-order valence-electron chi connectivity index (χ1n) is 6.59. The Morgan fingerprint density at radius 1 is 1.29 bits per heavy atom. The molecule has 0 fully saturated rings. The molecule has 0 spiro atoms. The Hall–Kier alpha value is -2.01. The average molecular weight is 304 g/mol. The van der Waals surface area contributed by atoms with E-state index in [2.05, 4.69) is 5.32 Å². The van der Waals surface area contributed by atoms with Gasteiger partial charge in [0.15, 0.2) is 0 Å². The minimum absolute atomic E-state index is 0.124. The molecule has 0 unspecified atom stereocenters. The van der Waals surface area contributed by atoms with Gasteiger partial charge in [0.25, 0.3) is 0 Å². The third-order valence-electron chi connectivity index (χ3n) is 2.89. The highest BCUT2D eigenvalue weighted by Crippen LogP contribution is 2.24. The number of carbonyl (C=O) groups excluding carboxylic acids is 1. The number of hydrogen-bond donors (Lipinski definition) is 2. The summed E-state index contributed by atoms with van der Waals surface area (Å²) < 4.78 is 13.0. The first-order chi connectivity index (χ1) is 10.0. The quantitative estimate of drug-likeness (QED) is 0.652. The van der Waals surface area contributed by atoms with Crippen LogP contribution in [0, 0.1) is 12.7 Å². The van der Waals surface area contributed by atoms with E-state index < -0.39 is 0 Å². The molecule has 0 radical (unpaired) electrons. The lowest BCUT2D eigenvalue weighted by atomic mass is 10.2. The van der Waals surface area contributed by atoms with E-state index in [1.54, 1.807) is 23.9 Å². The number of nitrogens with one attached hydrogen (secondary N) is 1. The van der Waals surface area contributed by atoms with Gasteiger partial charge in [-0.1, -0.05) is 6.07 Å². The number of nitrogens with two attached hydrogens (primary N) is 1. The lowest BCUT2D eigenvalue weighted by molar-refractivity contribution is -0.115. The smallest absolute Gasteiger partial charge is 0.225 e. The molecule has 110 valence electrons. The molecule has 0 saturated heterocycles. The Morgan fingerprint density at radius 2 is 2.10 bits per heavy atom. The highest BCUT2D eigenvalue weighted by Gasteiger charge is 2.05. The lowest BCUT2D eigenvalue weighted by Crippen LogP contribution is -2.12. The van der Waals surface area contributed by atoms with Crippen LogP contribution in [-0.4, -0.2) is 11.7 Å². The molecule has 0 heterocycles. The van der Waals surface area contributed by atoms with Crippen LogP contribution in [-0.2, 0) is 4.79 Å². The van der Waals surface area contributed by atoms with Crippen LogP contribution < -0.4 is 11.1 Å². The Morgan fingerprint density at radius 3 is 2.81 bits per heavy atom. The van der Waals surface area contributed by atoms with Gasteiger partial charge < -0.3 is 11.1 Å². The third-order valence-corrected chi connectivity index (χ3v) is 4.07. The van der Waals surface area contributed by atoms with Gasteiger partial charge in [0.05, 0.1) is 0 Å². The van der Waals surface area contributed by atoms with E-state index in [4.69, 9.17) is 5.73 Å². The normalized spacial score (nSPS) is 10.4. The van der Waals surface area contributed by atoms with Gasteiger partial charge in [-0.15, -0.1) is 11.8 Å². The predicted molar refractivity (Wildman–Crippen MR) is 86.0 cm³/mol. The van der Waals surface area contributed by atoms with E-state index in [1.165, 1.54) is 12.1 Å². The van der Waals surface area contributed by atoms with Gasteiger partial charge in [-0.05, 0) is 48.9 Å². The fraction of sp³-hybridized carbons (Fsp3) is 0.188. The van der Waals surface area contributed by atoms with Crippen LogP contribution >= 0.6 is 11.8 Å². The van der Waals surface area contributed by atoms with E-state index in [0.29, 0.717) is 17.9 Å². The molecule has 0 saturated carbocycles. The van der Waals surface area contributed by atoms with Gasteiger partial charge in [-0.25, -0.2) is 4.39 Å². The zero-order valence-electron chi connectivity index (χ0n) is 11.7. The number of halogens is 1. The summed E-state index contributed by atoms with van der Waals surface area (Å²) in [6.45, 7) is 1.99. The van der Waals surface area contributed by atoms with E-state index in [0.717, 1.165) is 16.1 Å². The summed E-state index contributed by atoms with van der Waals surface area (Å²) in [7, 11) is 0. The van der Waals surface area contributed by atoms with E-state index in [9.17, 15) is 9.18 Å². The lowest BCUT2D eigenvalue weighted by Gasteiger charge is -2.07. The molecule has 0 aliphatic rings. The van der Waals surface area contributed by atoms with Crippen LogP contribution in [0.1, 0.15) is 12.0 Å². The maximum atomic E-state index is 13.0. The number of benzene rings is 2. The number of hydrogen-bond acceptors (Lipinski definition) is 3. The second-order valence-corrected chi connectivity index (χ2v) is 5.82. The fourth-order valence-corrected chi connectivity index (χ4v) is 2.84. The summed E-state index contributed by atoms with van der Waals surface area (Å²) >= 11 is 1.61. The maximum Gasteiger partial charge on any atom is 0.225 e. The molecule has 3 nitrogen and oxygen atoms in total. The molecule has 3 N–H and O–H groups in total. The van der Waals surface area contributed by atoms with Gasteiger partial charge in [-0.3, -0.25) is 4.79 Å². The van der Waals surface area contributed by atoms with Gasteiger partial charge in [0.2, 0.25) is 5.91 Å². The number of anilines is 2. The molecule has 2 aromatic rings. The summed E-state index contributed by atoms with van der Waals surface area (Å²) in [5.41, 5.74) is 8.02. The summed E-state index contributed by atoms with van der Waals surface area (Å²) in [6, 6.07) is 11.6. The fourth-order valence-electron chi connectivity index (χ4n) is 1.88. The first-order valence-corrected chi connectivity index (χ1v) is 7.57. The minimum Gasteiger partial charge on any atom is -0.399 e. The number of aryl methyl sites for hydroxylation is 1. The van der Waals surface area contributed by atoms with Crippen molar-refractivity contribution in [2.75, 3.05) is 16.8 Å². The van der Waals surface area contributed by atoms with Crippen molar-refractivity contribution < 1.29 is 9.18 Å². The second kappa shape index (κ2) is 7.13. The molecule has 0 bridgehead atoms. The van der Waals surface area contributed by atoms with E-state index >= 15 is 0 Å². The van der Waals surface area contributed by atoms with Crippen molar-refractivity contribution in [2.24, 2.45) is 0 Å². The third kappa shape index (κ3) is 4.79. The summed E-state index contributed by atoms with van der Waals surface area (Å²) in [5.74, 6) is 0.173. The number of nitrogen functional groups attached to an aromatic ring is 1. The number of amides is 1. The van der Waals surface area contributed by atoms with Crippen LogP contribution in [0.3, 0.4) is 0 Å². The van der Waals surface area contributed by atoms with Crippen molar-refractivity contribution in [1.82, 2.24) is 0 Å². The molecule has 0 atom stereocenters. The zero-order chi connectivity index (χ0) is 15.2. The van der Waals surface area contributed by atoms with Crippen molar-refractivity contribution in [1.29, 1.82) is 0 Å². The van der Waals surface area contributed by atoms with Gasteiger partial charge in [0.1, 0.15) is 5.82 Å². The van der Waals surface area contributed by atoms with Crippen molar-refractivity contribution in [3.8, 4) is 0 Å². The van der Waals surface area contributed by atoms with Gasteiger partial charge >= 0.3 is 0 Å². The molecular weight excluding hydrogens is 287 g/mol. The van der Waals surface area contributed by atoms with Crippen LogP contribution in [0.15, 0.2) is 47.4 Å². The first kappa shape index (κ1) is 15.4. The molecule has 2 rings (SSSR count). The molecule has 5 heteroatoms. The number of rotatable bonds is 5. The van der Waals surface area contributed by atoms with Crippen molar-refractivity contribution in [2.45, 2.75) is 18.2 Å². The summed E-state index contributed by atoms with van der Waals surface area (Å²) in [4.78, 5) is 12.9. The van der Waals surface area contributed by atoms with E-state index in [1.807, 2.05) is 25.1 Å². The van der Waals surface area contributed by atoms with Gasteiger partial charge in [-0.2, -0.15) is 0 Å². The molecule has 2 aromatic carbocycles. The Kier molecular flexibility index (Phi) is 5.22. The Bertz CT molecular complexity index is 646. The number of carbonyl (C=O) groups is 1. The predicted octanol–water partition coefficient (Wildman–Crippen LogP) is 3.84. The van der Waals surface area contributed by atoms with Crippen LogP contribution in [0.4, 0.5) is 15.8 Å². The highest BCUT2D eigenvalue weighted by molar-refractivity contribution is 7.99. The van der Waals surface area contributed by atoms with Crippen molar-refractivity contribution in [3.63, 3.8) is 0 Å². The standard InChI is InChI=1S/C16H17FN2OS/c1-11-9-13(18)5-6-15(11)21-8-7-16(20)19-14-4-2-3-12(17)10-14/h2-6,9-10H,7-8,18H2,1H3,(H,19,20). The molecule has 0 aliphatic heterocycles. The maximum absolute atomic E-state index is 13.0. The van der Waals surface area contributed by atoms with Crippen LogP contribution in [0.5, 0.6) is 0 Å². The topological polar surface area (TPSA) is 55.1 Å². The molecule has 0 aliphatic carbocycles. The van der Waals surface area contributed by atoms with Crippen LogP contribution in [0.25, 0.3) is 0 Å². The molecular formula is C16H17FN2OS. The Labute approximate surface area is 127 Å². The summed E-state index contributed by atoms with van der Waals surface area (Å²) in [5, 5.41) is 2.68. The zero-order valence-corrected chi connectivity index (χ0v) is 12.5. The van der Waals surface area contributed by atoms with Crippen LogP contribution in [0.2, 0.25) is 0 Å². The van der Waals surface area contributed by atoms with E-state index in [-0.39, 0.29) is 11.7 Å². The minimum atomic E-state index is -0.361. The average Bonchev–Trinajstić information content (AvgIpc) is 2.41. The molecule has 0 aromatic heterocycles. The highest BCUT2D eigenvalue weighted by atomic mass is 32.2. The van der Waals surface area contributed by atoms with Crippen molar-refractivity contribution >= 4 is 29.0 Å². The molecule has 21 heavy (non-hydrogen) atoms. The molecule has 1 amide bonds. The second-order valence-electron chi connectivity index (χ2n) is 4.68. The SMILES string of the molecule is Cc1cc(N)ccc1SCCC(=O)Nc1cccc(F)c1. The monoisotopic (exact) mass is 304 g/mol. The largest absolute Gasteiger partial charge is 0.399 e. The van der Waals surface area contributed by atoms with Crippen molar-refractivity contribution in [3.05, 3.63) is 53.8 Å². The number of thioether (sulfide) groups is 1. The summed E-state index contributed by atoms with van der Waals surface area (Å²) in [6.07, 6.45) is 0.366.